The average Bonchev–Trinajstić information content (AvgIpc) is 2.79. The van der Waals surface area contributed by atoms with Gasteiger partial charge in [-0.1, -0.05) is 54.6 Å². The third-order valence-electron chi connectivity index (χ3n) is 4.66. The molecule has 148 valence electrons. The van der Waals surface area contributed by atoms with Crippen molar-refractivity contribution in [2.45, 2.75) is 5.66 Å². The van der Waals surface area contributed by atoms with Gasteiger partial charge in [0.05, 0.1) is 27.0 Å². The fourth-order valence-electron chi connectivity index (χ4n) is 3.24. The van der Waals surface area contributed by atoms with Crippen molar-refractivity contribution in [3.8, 4) is 17.2 Å². The van der Waals surface area contributed by atoms with Crippen LogP contribution in [0.15, 0.2) is 66.7 Å². The second kappa shape index (κ2) is 9.35. The Labute approximate surface area is 171 Å². The van der Waals surface area contributed by atoms with Crippen molar-refractivity contribution in [1.29, 1.82) is 0 Å². The van der Waals surface area contributed by atoms with Crippen LogP contribution in [0.3, 0.4) is 0 Å². The van der Waals surface area contributed by atoms with Gasteiger partial charge in [-0.05, 0) is 11.1 Å². The number of ether oxygens (including phenoxy) is 3. The molecular formula is C23H21O5P. The van der Waals surface area contributed by atoms with Gasteiger partial charge in [0.1, 0.15) is 22.8 Å². The number of benzene rings is 3. The van der Waals surface area contributed by atoms with Crippen LogP contribution in [0.1, 0.15) is 32.7 Å². The Morgan fingerprint density at radius 3 is 1.97 bits per heavy atom. The van der Waals surface area contributed by atoms with E-state index < -0.39 is 5.66 Å². The minimum absolute atomic E-state index is 0.0985. The molecule has 5 nitrogen and oxygen atoms in total. The van der Waals surface area contributed by atoms with Crippen molar-refractivity contribution in [3.05, 3.63) is 89.0 Å². The third kappa shape index (κ3) is 4.15. The molecule has 0 spiro atoms. The predicted molar refractivity (Wildman–Crippen MR) is 112 cm³/mol. The molecule has 0 bridgehead atoms. The number of methoxy groups -OCH3 is 3. The van der Waals surface area contributed by atoms with E-state index in [4.69, 9.17) is 14.2 Å². The van der Waals surface area contributed by atoms with Gasteiger partial charge >= 0.3 is 0 Å². The van der Waals surface area contributed by atoms with Crippen LogP contribution in [0, 0.1) is 0 Å². The molecule has 0 fully saturated rings. The van der Waals surface area contributed by atoms with Crippen molar-refractivity contribution >= 4 is 14.2 Å². The molecular weight excluding hydrogens is 387 g/mol. The first-order valence-corrected chi connectivity index (χ1v) is 9.83. The van der Waals surface area contributed by atoms with Crippen LogP contribution in [0.5, 0.6) is 17.2 Å². The van der Waals surface area contributed by atoms with E-state index in [-0.39, 0.29) is 19.8 Å². The van der Waals surface area contributed by atoms with Crippen LogP contribution in [0.25, 0.3) is 0 Å². The molecule has 0 aliphatic rings. The number of rotatable bonds is 8. The van der Waals surface area contributed by atoms with E-state index in [1.165, 1.54) is 21.3 Å². The van der Waals surface area contributed by atoms with Crippen LogP contribution in [-0.4, -0.2) is 27.1 Å². The summed E-state index contributed by atoms with van der Waals surface area (Å²) in [6.45, 7) is 0. The largest absolute Gasteiger partial charge is 0.496 e. The van der Waals surface area contributed by atoms with Gasteiger partial charge < -0.3 is 14.2 Å². The zero-order valence-corrected chi connectivity index (χ0v) is 17.3. The van der Waals surface area contributed by atoms with E-state index in [2.05, 4.69) is 0 Å². The molecule has 6 heteroatoms. The Hall–Kier alpha value is -3.17. The molecule has 0 N–H and O–H groups in total. The van der Waals surface area contributed by atoms with Gasteiger partial charge in [-0.25, -0.2) is 0 Å². The van der Waals surface area contributed by atoms with E-state index in [9.17, 15) is 9.36 Å². The highest BCUT2D eigenvalue weighted by molar-refractivity contribution is 7.24. The fourth-order valence-corrected chi connectivity index (χ4v) is 3.87. The van der Waals surface area contributed by atoms with E-state index in [0.29, 0.717) is 28.4 Å². The van der Waals surface area contributed by atoms with Gasteiger partial charge in [-0.15, -0.1) is 0 Å². The Bertz CT molecular complexity index is 992. The summed E-state index contributed by atoms with van der Waals surface area (Å²) < 4.78 is 28.2. The Kier molecular flexibility index (Phi) is 6.63. The highest BCUT2D eigenvalue weighted by Gasteiger charge is 2.26. The highest BCUT2D eigenvalue weighted by Crippen LogP contribution is 2.40. The smallest absolute Gasteiger partial charge is 0.200 e. The van der Waals surface area contributed by atoms with Crippen LogP contribution >= 0.6 is 8.46 Å². The molecule has 1 atom stereocenters. The summed E-state index contributed by atoms with van der Waals surface area (Å²) in [5.41, 5.74) is 1.79. The number of hydrogen-bond donors (Lipinski definition) is 0. The lowest BCUT2D eigenvalue weighted by Gasteiger charge is -2.18. The van der Waals surface area contributed by atoms with Gasteiger partial charge in [-0.2, -0.15) is 0 Å². The first kappa shape index (κ1) is 20.6. The van der Waals surface area contributed by atoms with Gasteiger partial charge in [0.2, 0.25) is 5.78 Å². The monoisotopic (exact) mass is 408 g/mol. The minimum Gasteiger partial charge on any atom is -0.496 e. The molecule has 0 aliphatic heterocycles. The summed E-state index contributed by atoms with van der Waals surface area (Å²) in [5.74, 6) is 0.930. The molecule has 3 aromatic carbocycles. The lowest BCUT2D eigenvalue weighted by molar-refractivity contribution is 0.103. The standard InChI is InChI=1S/C23H21O5P/c1-26-16-13-19(27-2)21(20(14-16)28-3)22(24)17-11-7-8-12-18(17)23(29-25)15-9-5-4-6-10-15/h4-14,23H,1-3H3. The molecule has 1 unspecified atom stereocenters. The first-order valence-electron chi connectivity index (χ1n) is 8.95. The molecule has 29 heavy (non-hydrogen) atoms. The highest BCUT2D eigenvalue weighted by atomic mass is 31.1. The summed E-state index contributed by atoms with van der Waals surface area (Å²) in [6, 6.07) is 19.9. The van der Waals surface area contributed by atoms with Crippen LogP contribution < -0.4 is 14.2 Å². The maximum atomic E-state index is 13.6. The molecule has 0 amide bonds. The third-order valence-corrected chi connectivity index (χ3v) is 5.45. The molecule has 0 saturated carbocycles. The van der Waals surface area contributed by atoms with Crippen molar-refractivity contribution in [3.63, 3.8) is 0 Å². The quantitative estimate of drug-likeness (QED) is 0.373. The molecule has 0 aromatic heterocycles. The summed E-state index contributed by atoms with van der Waals surface area (Å²) >= 11 is 0. The van der Waals surface area contributed by atoms with E-state index >= 15 is 0 Å². The van der Waals surface area contributed by atoms with Gasteiger partial charge in [0, 0.05) is 17.7 Å². The maximum absolute atomic E-state index is 13.6. The lowest BCUT2D eigenvalue weighted by atomic mass is 9.93. The summed E-state index contributed by atoms with van der Waals surface area (Å²) in [6.07, 6.45) is 0. The molecule has 3 aromatic rings. The fraction of sp³-hybridized carbons (Fsp3) is 0.174. The molecule has 0 saturated heterocycles. The van der Waals surface area contributed by atoms with E-state index in [1.807, 2.05) is 42.5 Å². The maximum Gasteiger partial charge on any atom is 0.200 e. The second-order valence-electron chi connectivity index (χ2n) is 6.24. The van der Waals surface area contributed by atoms with Crippen LogP contribution in [0.2, 0.25) is 0 Å². The number of hydrogen-bond acceptors (Lipinski definition) is 5. The first-order chi connectivity index (χ1) is 14.1. The van der Waals surface area contributed by atoms with E-state index in [0.717, 1.165) is 5.56 Å². The zero-order chi connectivity index (χ0) is 20.8. The Morgan fingerprint density at radius 1 is 0.828 bits per heavy atom. The van der Waals surface area contributed by atoms with Crippen LogP contribution in [0.4, 0.5) is 0 Å². The van der Waals surface area contributed by atoms with Gasteiger partial charge in [0.25, 0.3) is 0 Å². The van der Waals surface area contributed by atoms with Crippen molar-refractivity contribution in [2.24, 2.45) is 0 Å². The molecule has 3 rings (SSSR count). The summed E-state index contributed by atoms with van der Waals surface area (Å²) in [7, 11) is 4.40. The zero-order valence-electron chi connectivity index (χ0n) is 16.4. The lowest BCUT2D eigenvalue weighted by Crippen LogP contribution is -2.11. The minimum atomic E-state index is -0.466. The van der Waals surface area contributed by atoms with Crippen molar-refractivity contribution in [1.82, 2.24) is 0 Å². The second-order valence-corrected chi connectivity index (χ2v) is 6.97. The van der Waals surface area contributed by atoms with Crippen molar-refractivity contribution < 1.29 is 23.6 Å². The number of carbonyl (C=O) groups is 1. The predicted octanol–water partition coefficient (Wildman–Crippen LogP) is 5.32. The topological polar surface area (TPSA) is 61.8 Å². The molecule has 0 heterocycles. The number of carbonyl (C=O) groups excluding carboxylic acids is 1. The SMILES string of the molecule is COc1cc(OC)c(C(=O)c2ccccc2C(P=O)c2ccccc2)c(OC)c1. The number of ketones is 1. The van der Waals surface area contributed by atoms with Gasteiger partial charge in [0.15, 0.2) is 8.46 Å². The van der Waals surface area contributed by atoms with Crippen molar-refractivity contribution in [2.75, 3.05) is 21.3 Å². The summed E-state index contributed by atoms with van der Waals surface area (Å²) in [4.78, 5) is 13.6. The van der Waals surface area contributed by atoms with E-state index in [1.54, 1.807) is 24.3 Å². The normalized spacial score (nSPS) is 11.7. The Balaban J connectivity index is 2.16. The molecule has 0 radical (unpaired) electrons. The average molecular weight is 408 g/mol. The Morgan fingerprint density at radius 2 is 1.41 bits per heavy atom. The summed E-state index contributed by atoms with van der Waals surface area (Å²) in [5, 5.41) is 0. The van der Waals surface area contributed by atoms with Crippen LogP contribution in [-0.2, 0) is 4.57 Å². The van der Waals surface area contributed by atoms with Gasteiger partial charge in [-0.3, -0.25) is 9.36 Å². The molecule has 0 aliphatic carbocycles.